The van der Waals surface area contributed by atoms with Crippen LogP contribution in [0.25, 0.3) is 0 Å². The van der Waals surface area contributed by atoms with E-state index in [2.05, 4.69) is 29.5 Å². The standard InChI is InChI=1S/C8H8O4.C7H5BrO.C7H6O.C6H6O3.C6H6O2.C5H3NO4.C5H4O2/c1-6(10)11-5-8-3-2-7(4-9)12-8;8-7-4-2-1-3-6(7)5-9;8-6-7-4-2-1-3-5-7;7-3-5-1-2-6(4-8)9-5;1-5-2-3-6(4-7)8-5;7-3-4-1-2-5(10-4)6(8)9;6-4-5-2-1-3-7-5/h2-4H,5H2,1H3;1-5H;1-6H;1-3,8H,4H2;2-4H,1H3;1-3H;1-4H. The second-order valence-corrected chi connectivity index (χ2v) is 12.1. The van der Waals surface area contributed by atoms with Gasteiger partial charge in [0.25, 0.3) is 0 Å². The Morgan fingerprint density at radius 1 is 0.619 bits per heavy atom. The topological polar surface area (TPSA) is 275 Å². The van der Waals surface area contributed by atoms with E-state index in [0.717, 1.165) is 34.4 Å². The zero-order valence-corrected chi connectivity index (χ0v) is 34.9. The van der Waals surface area contributed by atoms with E-state index in [1.807, 2.05) is 36.4 Å². The molecule has 0 saturated carbocycles. The average molecular weight is 933 g/mol. The number of aryl methyl sites for hydroxylation is 1. The fourth-order valence-electron chi connectivity index (χ4n) is 3.73. The predicted molar refractivity (Wildman–Crippen MR) is 225 cm³/mol. The Morgan fingerprint density at radius 3 is 1.49 bits per heavy atom. The number of nitrogens with zero attached hydrogens (tertiary/aromatic N) is 1. The summed E-state index contributed by atoms with van der Waals surface area (Å²) in [6, 6.07) is 31.6. The minimum atomic E-state index is -0.701. The van der Waals surface area contributed by atoms with Gasteiger partial charge in [-0.2, -0.15) is 0 Å². The Morgan fingerprint density at radius 2 is 1.14 bits per heavy atom. The third-order valence-electron chi connectivity index (χ3n) is 6.58. The molecule has 5 aromatic heterocycles. The predicted octanol–water partition coefficient (Wildman–Crippen LogP) is 8.99. The number of benzene rings is 2. The van der Waals surface area contributed by atoms with Crippen molar-refractivity contribution in [3.63, 3.8) is 0 Å². The van der Waals surface area contributed by atoms with Gasteiger partial charge in [0.15, 0.2) is 66.5 Å². The van der Waals surface area contributed by atoms with Crippen LogP contribution in [0.2, 0.25) is 0 Å². The van der Waals surface area contributed by atoms with Crippen LogP contribution in [-0.4, -0.2) is 60.0 Å². The Kier molecular flexibility index (Phi) is 26.6. The van der Waals surface area contributed by atoms with E-state index in [1.165, 1.54) is 31.4 Å². The van der Waals surface area contributed by atoms with Crippen LogP contribution in [-0.2, 0) is 22.7 Å². The molecule has 0 bridgehead atoms. The quantitative estimate of drug-likeness (QED) is 0.0548. The molecule has 328 valence electrons. The number of aldehydes is 7. The summed E-state index contributed by atoms with van der Waals surface area (Å²) in [4.78, 5) is 89.5. The van der Waals surface area contributed by atoms with E-state index < -0.39 is 10.8 Å². The molecule has 19 heteroatoms. The normalized spacial score (nSPS) is 9.08. The summed E-state index contributed by atoms with van der Waals surface area (Å²) in [6.07, 6.45) is 6.07. The Hall–Kier alpha value is -8.16. The summed E-state index contributed by atoms with van der Waals surface area (Å²) >= 11 is 3.23. The van der Waals surface area contributed by atoms with Gasteiger partial charge in [-0.3, -0.25) is 48.5 Å². The highest BCUT2D eigenvalue weighted by Gasteiger charge is 2.10. The summed E-state index contributed by atoms with van der Waals surface area (Å²) in [5.74, 6) is 2.07. The zero-order chi connectivity index (χ0) is 46.8. The maximum absolute atomic E-state index is 10.4. The molecule has 0 fully saturated rings. The van der Waals surface area contributed by atoms with Crippen molar-refractivity contribution >= 4 is 71.8 Å². The van der Waals surface area contributed by atoms with Crippen LogP contribution < -0.4 is 0 Å². The molecular formula is C44H38BrNO17. The minimum Gasteiger partial charge on any atom is -0.462 e. The molecule has 0 atom stereocenters. The van der Waals surface area contributed by atoms with Crippen LogP contribution in [0.4, 0.5) is 5.88 Å². The van der Waals surface area contributed by atoms with E-state index in [1.54, 1.807) is 61.5 Å². The number of carbonyl (C=O) groups is 8. The van der Waals surface area contributed by atoms with E-state index in [9.17, 15) is 48.5 Å². The molecule has 7 aromatic rings. The van der Waals surface area contributed by atoms with Crippen LogP contribution in [0.5, 0.6) is 0 Å². The first kappa shape index (κ1) is 52.9. The van der Waals surface area contributed by atoms with E-state index >= 15 is 0 Å². The second kappa shape index (κ2) is 31.7. The third-order valence-corrected chi connectivity index (χ3v) is 7.31. The molecule has 0 aliphatic heterocycles. The number of esters is 1. The SMILES string of the molecule is CC(=O)OCc1ccc(C=O)o1.Cc1ccc(C=O)o1.O=Cc1ccc(CO)o1.O=Cc1ccc([N+](=O)[O-])o1.O=Cc1ccccc1.O=Cc1ccccc1Br.O=Cc1ccco1. The number of aliphatic hydroxyl groups excluding tert-OH is 1. The maximum atomic E-state index is 10.4. The number of halogens is 1. The van der Waals surface area contributed by atoms with Gasteiger partial charge < -0.3 is 31.9 Å². The van der Waals surface area contributed by atoms with Crippen molar-refractivity contribution in [3.8, 4) is 0 Å². The zero-order valence-electron chi connectivity index (χ0n) is 33.3. The molecular weight excluding hydrogens is 894 g/mol. The Bertz CT molecular complexity index is 2420. The first-order valence-corrected chi connectivity index (χ1v) is 18.4. The molecule has 63 heavy (non-hydrogen) atoms. The lowest BCUT2D eigenvalue weighted by atomic mass is 10.2. The monoisotopic (exact) mass is 931 g/mol. The van der Waals surface area contributed by atoms with Gasteiger partial charge >= 0.3 is 11.9 Å². The molecule has 0 spiro atoms. The van der Waals surface area contributed by atoms with Gasteiger partial charge in [-0.25, -0.2) is 0 Å². The van der Waals surface area contributed by atoms with Crippen molar-refractivity contribution in [2.45, 2.75) is 27.1 Å². The van der Waals surface area contributed by atoms with Gasteiger partial charge in [0.05, 0.1) is 12.3 Å². The highest BCUT2D eigenvalue weighted by Crippen LogP contribution is 2.14. The molecule has 7 rings (SSSR count). The summed E-state index contributed by atoms with van der Waals surface area (Å²) in [6.45, 7) is 3.02. The first-order valence-electron chi connectivity index (χ1n) is 17.6. The molecule has 1 N–H and O–H groups in total. The van der Waals surface area contributed by atoms with Gasteiger partial charge in [0, 0.05) is 22.5 Å². The third kappa shape index (κ3) is 23.3. The number of hydrogen-bond acceptors (Lipinski definition) is 17. The molecule has 0 radical (unpaired) electrons. The summed E-state index contributed by atoms with van der Waals surface area (Å²) in [5.41, 5.74) is 1.42. The fourth-order valence-corrected chi connectivity index (χ4v) is 4.11. The van der Waals surface area contributed by atoms with E-state index in [-0.39, 0.29) is 36.5 Å². The van der Waals surface area contributed by atoms with Gasteiger partial charge in [-0.15, -0.1) is 0 Å². The molecule has 0 saturated heterocycles. The van der Waals surface area contributed by atoms with Gasteiger partial charge in [-0.05, 0) is 67.6 Å². The number of rotatable bonds is 11. The molecule has 18 nitrogen and oxygen atoms in total. The molecule has 0 unspecified atom stereocenters. The Labute approximate surface area is 366 Å². The molecule has 0 aliphatic rings. The molecule has 0 aliphatic carbocycles. The molecule has 2 aromatic carbocycles. The van der Waals surface area contributed by atoms with Crippen molar-refractivity contribution < 1.29 is 75.2 Å². The number of furan rings is 5. The van der Waals surface area contributed by atoms with Crippen LogP contribution in [0.15, 0.2) is 148 Å². The van der Waals surface area contributed by atoms with Crippen molar-refractivity contribution in [2.75, 3.05) is 0 Å². The smallest absolute Gasteiger partial charge is 0.433 e. The van der Waals surface area contributed by atoms with Crippen molar-refractivity contribution in [1.29, 1.82) is 0 Å². The highest BCUT2D eigenvalue weighted by molar-refractivity contribution is 9.10. The number of aliphatic hydroxyl groups is 1. The number of hydrogen-bond donors (Lipinski definition) is 1. The van der Waals surface area contributed by atoms with Gasteiger partial charge in [-0.1, -0.05) is 64.5 Å². The number of nitro groups is 1. The number of ether oxygens (including phenoxy) is 1. The maximum Gasteiger partial charge on any atom is 0.433 e. The van der Waals surface area contributed by atoms with E-state index in [0.29, 0.717) is 60.0 Å². The summed E-state index contributed by atoms with van der Waals surface area (Å²) < 4.78 is 29.1. The fraction of sp³-hybridized carbons (Fsp3) is 0.0909. The van der Waals surface area contributed by atoms with Crippen molar-refractivity contribution in [2.24, 2.45) is 0 Å². The largest absolute Gasteiger partial charge is 0.462 e. The van der Waals surface area contributed by atoms with Gasteiger partial charge in [0.2, 0.25) is 0 Å². The lowest BCUT2D eigenvalue weighted by Gasteiger charge is -1.96. The summed E-state index contributed by atoms with van der Waals surface area (Å²) in [5, 5.41) is 18.4. The Balaban J connectivity index is 0.000000370. The van der Waals surface area contributed by atoms with Crippen LogP contribution in [0, 0.1) is 17.0 Å². The van der Waals surface area contributed by atoms with Gasteiger partial charge in [0.1, 0.15) is 41.7 Å². The second-order valence-electron chi connectivity index (χ2n) is 11.2. The summed E-state index contributed by atoms with van der Waals surface area (Å²) in [7, 11) is 0. The molecule has 0 amide bonds. The first-order chi connectivity index (χ1) is 30.4. The van der Waals surface area contributed by atoms with Crippen LogP contribution in [0.1, 0.15) is 97.7 Å². The van der Waals surface area contributed by atoms with Crippen molar-refractivity contribution in [1.82, 2.24) is 0 Å². The minimum absolute atomic E-state index is 0.0355. The average Bonchev–Trinajstić information content (AvgIpc) is 4.18. The van der Waals surface area contributed by atoms with Crippen LogP contribution in [0.3, 0.4) is 0 Å². The number of carbonyl (C=O) groups excluding carboxylic acids is 8. The van der Waals surface area contributed by atoms with Crippen molar-refractivity contribution in [3.05, 3.63) is 193 Å². The lowest BCUT2D eigenvalue weighted by molar-refractivity contribution is -0.402. The highest BCUT2D eigenvalue weighted by atomic mass is 79.9. The van der Waals surface area contributed by atoms with Crippen LogP contribution >= 0.6 is 15.9 Å². The molecule has 5 heterocycles. The lowest BCUT2D eigenvalue weighted by Crippen LogP contribution is -1.97. The van der Waals surface area contributed by atoms with E-state index in [4.69, 9.17) is 18.4 Å².